The molecule has 0 spiro atoms. The first-order chi connectivity index (χ1) is 6.24. The Morgan fingerprint density at radius 2 is 2.15 bits per heavy atom. The lowest BCUT2D eigenvalue weighted by molar-refractivity contribution is 0.146. The van der Waals surface area contributed by atoms with Gasteiger partial charge in [0.25, 0.3) is 0 Å². The van der Waals surface area contributed by atoms with Gasteiger partial charge < -0.3 is 9.47 Å². The third-order valence-electron chi connectivity index (χ3n) is 1.44. The normalized spacial score (nSPS) is 10.1. The van der Waals surface area contributed by atoms with Crippen LogP contribution in [-0.2, 0) is 4.74 Å². The van der Waals surface area contributed by atoms with Gasteiger partial charge in [-0.15, -0.1) is 0 Å². The van der Waals surface area contributed by atoms with Crippen LogP contribution < -0.4 is 4.74 Å². The van der Waals surface area contributed by atoms with Gasteiger partial charge in [0.2, 0.25) is 0 Å². The summed E-state index contributed by atoms with van der Waals surface area (Å²) >= 11 is 3.19. The Kier molecular flexibility index (Phi) is 4.18. The first-order valence-electron chi connectivity index (χ1n) is 3.81. The average Bonchev–Trinajstić information content (AvgIpc) is 2.09. The van der Waals surface area contributed by atoms with E-state index in [-0.39, 0.29) is 5.82 Å². The number of benzene rings is 1. The second-order valence-corrected chi connectivity index (χ2v) is 3.27. The Bertz CT molecular complexity index is 278. The molecule has 0 aliphatic heterocycles. The molecule has 2 nitrogen and oxygen atoms in total. The maximum Gasteiger partial charge on any atom is 0.133 e. The van der Waals surface area contributed by atoms with Gasteiger partial charge in [-0.2, -0.15) is 0 Å². The molecule has 1 aromatic rings. The topological polar surface area (TPSA) is 18.5 Å². The quantitative estimate of drug-likeness (QED) is 0.763. The van der Waals surface area contributed by atoms with E-state index in [2.05, 4.69) is 15.9 Å². The van der Waals surface area contributed by atoms with Gasteiger partial charge in [-0.05, 0) is 34.1 Å². The molecule has 0 heterocycles. The summed E-state index contributed by atoms with van der Waals surface area (Å²) in [7, 11) is 1.60. The smallest absolute Gasteiger partial charge is 0.133 e. The predicted octanol–water partition coefficient (Wildman–Crippen LogP) is 2.61. The van der Waals surface area contributed by atoms with Crippen molar-refractivity contribution < 1.29 is 13.9 Å². The van der Waals surface area contributed by atoms with E-state index in [1.165, 1.54) is 12.1 Å². The van der Waals surface area contributed by atoms with Crippen molar-refractivity contribution in [2.24, 2.45) is 0 Å². The molecule has 0 fully saturated rings. The highest BCUT2D eigenvalue weighted by atomic mass is 79.9. The van der Waals surface area contributed by atoms with Gasteiger partial charge in [-0.1, -0.05) is 0 Å². The summed E-state index contributed by atoms with van der Waals surface area (Å²) in [5.41, 5.74) is 0. The SMILES string of the molecule is COCCOc1ccc(F)cc1Br. The molecule has 4 heteroatoms. The standard InChI is InChI=1S/C9H10BrFO2/c1-12-4-5-13-9-3-2-7(11)6-8(9)10/h2-3,6H,4-5H2,1H3. The van der Waals surface area contributed by atoms with Gasteiger partial charge in [0.05, 0.1) is 11.1 Å². The summed E-state index contributed by atoms with van der Waals surface area (Å²) in [6.45, 7) is 0.977. The monoisotopic (exact) mass is 248 g/mol. The molecule has 0 aromatic heterocycles. The lowest BCUT2D eigenvalue weighted by Gasteiger charge is -2.06. The van der Waals surface area contributed by atoms with E-state index < -0.39 is 0 Å². The molecule has 0 atom stereocenters. The van der Waals surface area contributed by atoms with Crippen LogP contribution >= 0.6 is 15.9 Å². The maximum atomic E-state index is 12.6. The molecular formula is C9H10BrFO2. The van der Waals surface area contributed by atoms with Crippen molar-refractivity contribution in [3.05, 3.63) is 28.5 Å². The van der Waals surface area contributed by atoms with Crippen LogP contribution in [0.15, 0.2) is 22.7 Å². The summed E-state index contributed by atoms with van der Waals surface area (Å²) in [6, 6.07) is 4.30. The summed E-state index contributed by atoms with van der Waals surface area (Å²) in [5, 5.41) is 0. The fraction of sp³-hybridized carbons (Fsp3) is 0.333. The van der Waals surface area contributed by atoms with Crippen molar-refractivity contribution in [2.75, 3.05) is 20.3 Å². The fourth-order valence-electron chi connectivity index (χ4n) is 0.827. The third kappa shape index (κ3) is 3.32. The van der Waals surface area contributed by atoms with Crippen LogP contribution in [-0.4, -0.2) is 20.3 Å². The number of hydrogen-bond acceptors (Lipinski definition) is 2. The molecule has 0 aliphatic carbocycles. The zero-order chi connectivity index (χ0) is 9.68. The lowest BCUT2D eigenvalue weighted by atomic mass is 10.3. The predicted molar refractivity (Wildman–Crippen MR) is 51.5 cm³/mol. The van der Waals surface area contributed by atoms with Gasteiger partial charge in [-0.3, -0.25) is 0 Å². The molecule has 0 bridgehead atoms. The number of hydrogen-bond donors (Lipinski definition) is 0. The molecule has 0 amide bonds. The van der Waals surface area contributed by atoms with Gasteiger partial charge >= 0.3 is 0 Å². The highest BCUT2D eigenvalue weighted by Crippen LogP contribution is 2.25. The third-order valence-corrected chi connectivity index (χ3v) is 2.06. The zero-order valence-corrected chi connectivity index (χ0v) is 8.80. The number of ether oxygens (including phenoxy) is 2. The highest BCUT2D eigenvalue weighted by molar-refractivity contribution is 9.10. The molecule has 0 radical (unpaired) electrons. The van der Waals surface area contributed by atoms with Gasteiger partial charge in [0, 0.05) is 7.11 Å². The molecule has 0 saturated heterocycles. The van der Waals surface area contributed by atoms with E-state index in [0.29, 0.717) is 23.4 Å². The average molecular weight is 249 g/mol. The fourth-order valence-corrected chi connectivity index (χ4v) is 1.29. The molecule has 13 heavy (non-hydrogen) atoms. The van der Waals surface area contributed by atoms with E-state index in [0.717, 1.165) is 0 Å². The minimum absolute atomic E-state index is 0.286. The summed E-state index contributed by atoms with van der Waals surface area (Å²) in [4.78, 5) is 0. The van der Waals surface area contributed by atoms with Crippen molar-refractivity contribution in [1.82, 2.24) is 0 Å². The van der Waals surface area contributed by atoms with Crippen molar-refractivity contribution in [3.63, 3.8) is 0 Å². The summed E-state index contributed by atoms with van der Waals surface area (Å²) < 4.78 is 23.3. The zero-order valence-electron chi connectivity index (χ0n) is 7.22. The van der Waals surface area contributed by atoms with Gasteiger partial charge in [0.1, 0.15) is 18.2 Å². The minimum atomic E-state index is -0.286. The lowest BCUT2D eigenvalue weighted by Crippen LogP contribution is -2.04. The number of methoxy groups -OCH3 is 1. The van der Waals surface area contributed by atoms with Crippen LogP contribution in [0.1, 0.15) is 0 Å². The molecule has 0 unspecified atom stereocenters. The molecular weight excluding hydrogens is 239 g/mol. The number of halogens is 2. The Balaban J connectivity index is 2.56. The first kappa shape index (κ1) is 10.5. The Morgan fingerprint density at radius 1 is 1.38 bits per heavy atom. The van der Waals surface area contributed by atoms with E-state index in [9.17, 15) is 4.39 Å². The van der Waals surface area contributed by atoms with Crippen LogP contribution in [0.25, 0.3) is 0 Å². The van der Waals surface area contributed by atoms with Crippen LogP contribution in [0, 0.1) is 5.82 Å². The Hall–Kier alpha value is -0.610. The van der Waals surface area contributed by atoms with E-state index in [4.69, 9.17) is 9.47 Å². The summed E-state index contributed by atoms with van der Waals surface area (Å²) in [6.07, 6.45) is 0. The second-order valence-electron chi connectivity index (χ2n) is 2.42. The van der Waals surface area contributed by atoms with Crippen LogP contribution in [0.3, 0.4) is 0 Å². The molecule has 72 valence electrons. The minimum Gasteiger partial charge on any atom is -0.490 e. The molecule has 1 rings (SSSR count). The van der Waals surface area contributed by atoms with Gasteiger partial charge in [0.15, 0.2) is 0 Å². The Morgan fingerprint density at radius 3 is 2.77 bits per heavy atom. The van der Waals surface area contributed by atoms with Crippen LogP contribution in [0.2, 0.25) is 0 Å². The second kappa shape index (κ2) is 5.19. The van der Waals surface area contributed by atoms with E-state index in [1.54, 1.807) is 13.2 Å². The number of rotatable bonds is 4. The van der Waals surface area contributed by atoms with Crippen molar-refractivity contribution >= 4 is 15.9 Å². The largest absolute Gasteiger partial charge is 0.490 e. The van der Waals surface area contributed by atoms with Gasteiger partial charge in [-0.25, -0.2) is 4.39 Å². The molecule has 0 aliphatic rings. The summed E-state index contributed by atoms with van der Waals surface area (Å²) in [5.74, 6) is 0.337. The highest BCUT2D eigenvalue weighted by Gasteiger charge is 2.01. The van der Waals surface area contributed by atoms with Crippen molar-refractivity contribution in [2.45, 2.75) is 0 Å². The van der Waals surface area contributed by atoms with Crippen LogP contribution in [0.5, 0.6) is 5.75 Å². The van der Waals surface area contributed by atoms with E-state index in [1.807, 2.05) is 0 Å². The van der Waals surface area contributed by atoms with E-state index >= 15 is 0 Å². The molecule has 0 N–H and O–H groups in total. The maximum absolute atomic E-state index is 12.6. The Labute approximate surface area is 84.8 Å². The first-order valence-corrected chi connectivity index (χ1v) is 4.60. The molecule has 0 saturated carbocycles. The molecule has 1 aromatic carbocycles. The van der Waals surface area contributed by atoms with Crippen molar-refractivity contribution in [1.29, 1.82) is 0 Å². The van der Waals surface area contributed by atoms with Crippen LogP contribution in [0.4, 0.5) is 4.39 Å². The van der Waals surface area contributed by atoms with Crippen molar-refractivity contribution in [3.8, 4) is 5.75 Å².